The number of rotatable bonds is 14. The third-order valence-electron chi connectivity index (χ3n) is 5.48. The summed E-state index contributed by atoms with van der Waals surface area (Å²) < 4.78 is 5.27. The SMILES string of the molecule is O=C(CCCSC[C@H](NC(=O)OCc1ccccc1)C(=O)Nc1ccccc1)NCc1ccc([N+](=O)[O-])cc1. The van der Waals surface area contributed by atoms with Gasteiger partial charge in [0.05, 0.1) is 4.92 Å². The van der Waals surface area contributed by atoms with Gasteiger partial charge in [-0.1, -0.05) is 60.7 Å². The van der Waals surface area contributed by atoms with Gasteiger partial charge in [-0.3, -0.25) is 19.7 Å². The molecule has 3 amide bonds. The van der Waals surface area contributed by atoms with Crippen molar-refractivity contribution in [3.05, 3.63) is 106 Å². The summed E-state index contributed by atoms with van der Waals surface area (Å²) in [4.78, 5) is 47.7. The van der Waals surface area contributed by atoms with Crippen molar-refractivity contribution < 1.29 is 24.0 Å². The van der Waals surface area contributed by atoms with Crippen molar-refractivity contribution in [3.8, 4) is 0 Å². The van der Waals surface area contributed by atoms with Crippen molar-refractivity contribution in [1.29, 1.82) is 0 Å². The molecule has 1 atom stereocenters. The molecule has 0 aromatic heterocycles. The largest absolute Gasteiger partial charge is 0.445 e. The maximum Gasteiger partial charge on any atom is 0.408 e. The lowest BCUT2D eigenvalue weighted by molar-refractivity contribution is -0.384. The number of alkyl carbamates (subject to hydrolysis) is 1. The number of non-ortho nitro benzene ring substituents is 1. The highest BCUT2D eigenvalue weighted by Gasteiger charge is 2.22. The number of ether oxygens (including phenoxy) is 1. The number of nitro benzene ring substituents is 1. The minimum Gasteiger partial charge on any atom is -0.445 e. The quantitative estimate of drug-likeness (QED) is 0.151. The van der Waals surface area contributed by atoms with Gasteiger partial charge in [-0.25, -0.2) is 4.79 Å². The van der Waals surface area contributed by atoms with Gasteiger partial charge in [-0.05, 0) is 35.4 Å². The van der Waals surface area contributed by atoms with Crippen LogP contribution in [0, 0.1) is 10.1 Å². The van der Waals surface area contributed by atoms with Crippen LogP contribution in [0.1, 0.15) is 24.0 Å². The molecule has 0 aliphatic rings. The number of carbonyl (C=O) groups is 3. The Bertz CT molecular complexity index is 1230. The Morgan fingerprint density at radius 3 is 2.23 bits per heavy atom. The van der Waals surface area contributed by atoms with Crippen molar-refractivity contribution in [2.45, 2.75) is 32.0 Å². The van der Waals surface area contributed by atoms with Gasteiger partial charge in [0.15, 0.2) is 0 Å². The minimum atomic E-state index is -0.838. The summed E-state index contributed by atoms with van der Waals surface area (Å²) in [7, 11) is 0. The number of nitro groups is 1. The van der Waals surface area contributed by atoms with Crippen LogP contribution < -0.4 is 16.0 Å². The summed E-state index contributed by atoms with van der Waals surface area (Å²) in [5.41, 5.74) is 2.21. The Hall–Kier alpha value is -4.38. The Morgan fingerprint density at radius 1 is 0.897 bits per heavy atom. The number of thioether (sulfide) groups is 1. The number of nitrogens with one attached hydrogen (secondary N) is 3. The molecule has 11 heteroatoms. The first-order valence-corrected chi connectivity index (χ1v) is 13.5. The Kier molecular flexibility index (Phi) is 11.8. The highest BCUT2D eigenvalue weighted by molar-refractivity contribution is 7.99. The first kappa shape index (κ1) is 29.2. The van der Waals surface area contributed by atoms with Gasteiger partial charge in [0.25, 0.3) is 5.69 Å². The molecule has 39 heavy (non-hydrogen) atoms. The number of hydrogen-bond donors (Lipinski definition) is 3. The lowest BCUT2D eigenvalue weighted by atomic mass is 10.2. The van der Waals surface area contributed by atoms with E-state index in [1.807, 2.05) is 36.4 Å². The summed E-state index contributed by atoms with van der Waals surface area (Å²) in [6, 6.07) is 23.3. The maximum atomic E-state index is 12.9. The molecule has 0 saturated carbocycles. The molecule has 0 fully saturated rings. The third-order valence-corrected chi connectivity index (χ3v) is 6.62. The topological polar surface area (TPSA) is 140 Å². The zero-order valence-corrected chi connectivity index (χ0v) is 22.0. The van der Waals surface area contributed by atoms with Crippen molar-refractivity contribution in [2.24, 2.45) is 0 Å². The Labute approximate surface area is 230 Å². The van der Waals surface area contributed by atoms with Crippen LogP contribution in [-0.2, 0) is 27.5 Å². The normalized spacial score (nSPS) is 11.2. The molecule has 10 nitrogen and oxygen atoms in total. The van der Waals surface area contributed by atoms with Crippen LogP contribution in [0.5, 0.6) is 0 Å². The highest BCUT2D eigenvalue weighted by Crippen LogP contribution is 2.13. The second kappa shape index (κ2) is 15.8. The first-order chi connectivity index (χ1) is 18.9. The van der Waals surface area contributed by atoms with Gasteiger partial charge in [-0.15, -0.1) is 0 Å². The zero-order chi connectivity index (χ0) is 27.9. The van der Waals surface area contributed by atoms with E-state index < -0.39 is 17.1 Å². The van der Waals surface area contributed by atoms with Gasteiger partial charge < -0.3 is 20.7 Å². The second-order valence-electron chi connectivity index (χ2n) is 8.49. The van der Waals surface area contributed by atoms with E-state index in [0.29, 0.717) is 23.6 Å². The third kappa shape index (κ3) is 10.9. The van der Waals surface area contributed by atoms with Crippen molar-refractivity contribution in [3.63, 3.8) is 0 Å². The number of hydrogen-bond acceptors (Lipinski definition) is 7. The van der Waals surface area contributed by atoms with Crippen molar-refractivity contribution in [1.82, 2.24) is 10.6 Å². The molecular formula is C28H30N4O6S. The van der Waals surface area contributed by atoms with Gasteiger partial charge >= 0.3 is 6.09 Å². The van der Waals surface area contributed by atoms with E-state index in [0.717, 1.165) is 11.1 Å². The summed E-state index contributed by atoms with van der Waals surface area (Å²) in [6.07, 6.45) is 0.161. The summed E-state index contributed by atoms with van der Waals surface area (Å²) in [5, 5.41) is 19.0. The molecule has 0 spiro atoms. The molecule has 3 aromatic rings. The number of carbonyl (C=O) groups excluding carboxylic acids is 3. The van der Waals surface area contributed by atoms with Gasteiger partial charge in [0, 0.05) is 36.5 Å². The van der Waals surface area contributed by atoms with E-state index in [1.165, 1.54) is 23.9 Å². The smallest absolute Gasteiger partial charge is 0.408 e. The van der Waals surface area contributed by atoms with Crippen LogP contribution in [-0.4, -0.2) is 40.4 Å². The number of benzene rings is 3. The van der Waals surface area contributed by atoms with Crippen LogP contribution in [0.3, 0.4) is 0 Å². The van der Waals surface area contributed by atoms with E-state index in [2.05, 4.69) is 16.0 Å². The monoisotopic (exact) mass is 550 g/mol. The molecule has 0 radical (unpaired) electrons. The fraction of sp³-hybridized carbons (Fsp3) is 0.250. The molecule has 3 N–H and O–H groups in total. The standard InChI is InChI=1S/C28H30N4O6S/c33-26(29-18-21-13-15-24(16-14-21)32(36)37)12-7-17-39-20-25(27(34)30-23-10-5-2-6-11-23)31-28(35)38-19-22-8-3-1-4-9-22/h1-6,8-11,13-16,25H,7,12,17-20H2,(H,29,33)(H,30,34)(H,31,35)/t25-/m0/s1. The number of anilines is 1. The Balaban J connectivity index is 1.42. The fourth-order valence-corrected chi connectivity index (χ4v) is 4.39. The summed E-state index contributed by atoms with van der Waals surface area (Å²) in [6.45, 7) is 0.364. The Morgan fingerprint density at radius 2 is 1.56 bits per heavy atom. The molecule has 0 unspecified atom stereocenters. The molecule has 0 aliphatic heterocycles. The van der Waals surface area contributed by atoms with Crippen molar-refractivity contribution >= 4 is 41.0 Å². The highest BCUT2D eigenvalue weighted by atomic mass is 32.2. The van der Waals surface area contributed by atoms with Gasteiger partial charge in [0.2, 0.25) is 11.8 Å². The number of para-hydroxylation sites is 1. The molecule has 0 aliphatic carbocycles. The molecule has 0 heterocycles. The van der Waals surface area contributed by atoms with Crippen LogP contribution in [0.2, 0.25) is 0 Å². The predicted octanol–water partition coefficient (Wildman–Crippen LogP) is 4.66. The van der Waals surface area contributed by atoms with Gasteiger partial charge in [0.1, 0.15) is 12.6 Å². The zero-order valence-electron chi connectivity index (χ0n) is 21.2. The second-order valence-corrected chi connectivity index (χ2v) is 9.64. The molecule has 3 rings (SSSR count). The molecule has 204 valence electrons. The fourth-order valence-electron chi connectivity index (χ4n) is 3.40. The van der Waals surface area contributed by atoms with Gasteiger partial charge in [-0.2, -0.15) is 11.8 Å². The lowest BCUT2D eigenvalue weighted by Gasteiger charge is -2.18. The van der Waals surface area contributed by atoms with Crippen LogP contribution in [0.15, 0.2) is 84.9 Å². The maximum absolute atomic E-state index is 12.9. The van der Waals surface area contributed by atoms with E-state index in [-0.39, 0.29) is 37.1 Å². The van der Waals surface area contributed by atoms with Crippen LogP contribution in [0.25, 0.3) is 0 Å². The average Bonchev–Trinajstić information content (AvgIpc) is 2.95. The van der Waals surface area contributed by atoms with E-state index >= 15 is 0 Å². The van der Waals surface area contributed by atoms with E-state index in [9.17, 15) is 24.5 Å². The number of amides is 3. The van der Waals surface area contributed by atoms with E-state index in [4.69, 9.17) is 4.74 Å². The molecule has 0 bridgehead atoms. The minimum absolute atomic E-state index is 0.00296. The summed E-state index contributed by atoms with van der Waals surface area (Å²) >= 11 is 1.44. The molecule has 0 saturated heterocycles. The van der Waals surface area contributed by atoms with Crippen molar-refractivity contribution in [2.75, 3.05) is 16.8 Å². The average molecular weight is 551 g/mol. The molecular weight excluding hydrogens is 520 g/mol. The van der Waals surface area contributed by atoms with E-state index in [1.54, 1.807) is 36.4 Å². The first-order valence-electron chi connectivity index (χ1n) is 12.3. The summed E-state index contributed by atoms with van der Waals surface area (Å²) in [5.74, 6) is 0.380. The number of nitrogens with zero attached hydrogens (tertiary/aromatic N) is 1. The van der Waals surface area contributed by atoms with Crippen LogP contribution in [0.4, 0.5) is 16.2 Å². The molecule has 3 aromatic carbocycles. The predicted molar refractivity (Wildman–Crippen MR) is 150 cm³/mol. The van der Waals surface area contributed by atoms with Crippen LogP contribution >= 0.6 is 11.8 Å². The lowest BCUT2D eigenvalue weighted by Crippen LogP contribution is -2.45.